The number of rotatable bonds is 9. The van der Waals surface area contributed by atoms with Gasteiger partial charge < -0.3 is 24.4 Å². The zero-order valence-electron chi connectivity index (χ0n) is 20.8. The fraction of sp³-hybridized carbons (Fsp3) is 0.429. The number of amides is 2. The molecule has 2 saturated heterocycles. The van der Waals surface area contributed by atoms with Crippen molar-refractivity contribution in [3.8, 4) is 17.2 Å². The lowest BCUT2D eigenvalue weighted by Crippen LogP contribution is -2.49. The summed E-state index contributed by atoms with van der Waals surface area (Å²) in [5, 5.41) is 2.77. The second-order valence-electron chi connectivity index (χ2n) is 9.53. The van der Waals surface area contributed by atoms with Gasteiger partial charge in [-0.15, -0.1) is 0 Å². The summed E-state index contributed by atoms with van der Waals surface area (Å²) < 4.78 is 17.7. The number of hydrogen-bond acceptors (Lipinski definition) is 6. The van der Waals surface area contributed by atoms with Crippen LogP contribution in [0.25, 0.3) is 0 Å². The topological polar surface area (TPSA) is 80.3 Å². The Bertz CT molecular complexity index is 1160. The SMILES string of the molecule is C=C1CCC(N2Cc3c(OCc4ccc(OCCN5CCCC5)c(OC)c4)cccc3C2=O)C(=O)N1. The Morgan fingerprint density at radius 2 is 1.89 bits per heavy atom. The fourth-order valence-electron chi connectivity index (χ4n) is 5.15. The molecule has 36 heavy (non-hydrogen) atoms. The summed E-state index contributed by atoms with van der Waals surface area (Å²) in [6, 6.07) is 10.8. The molecule has 1 atom stereocenters. The first-order valence-corrected chi connectivity index (χ1v) is 12.6. The normalized spacial score (nSPS) is 19.9. The van der Waals surface area contributed by atoms with Crippen molar-refractivity contribution in [1.82, 2.24) is 15.1 Å². The molecule has 3 heterocycles. The minimum atomic E-state index is -0.495. The molecule has 5 rings (SSSR count). The molecule has 1 unspecified atom stereocenters. The van der Waals surface area contributed by atoms with E-state index in [0.29, 0.717) is 55.4 Å². The third-order valence-electron chi connectivity index (χ3n) is 7.14. The van der Waals surface area contributed by atoms with Crippen molar-refractivity contribution in [2.75, 3.05) is 33.4 Å². The molecule has 0 aromatic heterocycles. The Morgan fingerprint density at radius 1 is 1.06 bits per heavy atom. The number of nitrogens with one attached hydrogen (secondary N) is 1. The van der Waals surface area contributed by atoms with Crippen LogP contribution in [-0.2, 0) is 17.9 Å². The third kappa shape index (κ3) is 5.04. The van der Waals surface area contributed by atoms with Gasteiger partial charge in [-0.05, 0) is 68.6 Å². The van der Waals surface area contributed by atoms with Crippen LogP contribution in [0.3, 0.4) is 0 Å². The number of carbonyl (C=O) groups is 2. The van der Waals surface area contributed by atoms with Gasteiger partial charge in [0.1, 0.15) is 25.0 Å². The van der Waals surface area contributed by atoms with Crippen molar-refractivity contribution < 1.29 is 23.8 Å². The molecule has 0 bridgehead atoms. The maximum atomic E-state index is 13.1. The summed E-state index contributed by atoms with van der Waals surface area (Å²) in [7, 11) is 1.63. The van der Waals surface area contributed by atoms with Gasteiger partial charge in [-0.2, -0.15) is 0 Å². The molecule has 8 heteroatoms. The first-order chi connectivity index (χ1) is 17.5. The molecule has 0 aliphatic carbocycles. The summed E-state index contributed by atoms with van der Waals surface area (Å²) in [6.07, 6.45) is 3.77. The quantitative estimate of drug-likeness (QED) is 0.579. The van der Waals surface area contributed by atoms with Crippen LogP contribution in [0, 0.1) is 0 Å². The molecule has 0 saturated carbocycles. The maximum absolute atomic E-state index is 13.1. The van der Waals surface area contributed by atoms with Gasteiger partial charge >= 0.3 is 0 Å². The highest BCUT2D eigenvalue weighted by Crippen LogP contribution is 2.35. The average Bonchev–Trinajstić information content (AvgIpc) is 3.52. The molecule has 8 nitrogen and oxygen atoms in total. The van der Waals surface area contributed by atoms with E-state index < -0.39 is 6.04 Å². The van der Waals surface area contributed by atoms with Crippen molar-refractivity contribution in [2.45, 2.75) is 44.9 Å². The van der Waals surface area contributed by atoms with Crippen LogP contribution < -0.4 is 19.5 Å². The summed E-state index contributed by atoms with van der Waals surface area (Å²) in [4.78, 5) is 29.6. The van der Waals surface area contributed by atoms with E-state index in [0.717, 1.165) is 36.5 Å². The zero-order chi connectivity index (χ0) is 25.1. The van der Waals surface area contributed by atoms with Gasteiger partial charge in [-0.1, -0.05) is 18.7 Å². The van der Waals surface area contributed by atoms with Crippen molar-refractivity contribution in [3.63, 3.8) is 0 Å². The molecule has 2 aromatic carbocycles. The number of likely N-dealkylation sites (tertiary alicyclic amines) is 1. The Kier molecular flexibility index (Phi) is 7.13. The summed E-state index contributed by atoms with van der Waals surface area (Å²) >= 11 is 0. The molecule has 0 radical (unpaired) electrons. The number of nitrogens with zero attached hydrogens (tertiary/aromatic N) is 2. The van der Waals surface area contributed by atoms with E-state index in [1.165, 1.54) is 12.8 Å². The highest BCUT2D eigenvalue weighted by Gasteiger charge is 2.39. The minimum absolute atomic E-state index is 0.139. The van der Waals surface area contributed by atoms with Crippen LogP contribution in [0.15, 0.2) is 48.7 Å². The van der Waals surface area contributed by atoms with Crippen LogP contribution >= 0.6 is 0 Å². The molecule has 3 aliphatic rings. The number of methoxy groups -OCH3 is 1. The van der Waals surface area contributed by atoms with Gasteiger partial charge in [0, 0.05) is 23.4 Å². The number of ether oxygens (including phenoxy) is 3. The predicted octanol–water partition coefficient (Wildman–Crippen LogP) is 3.50. The number of benzene rings is 2. The number of piperidine rings is 1. The van der Waals surface area contributed by atoms with Crippen LogP contribution in [0.1, 0.15) is 47.2 Å². The lowest BCUT2D eigenvalue weighted by atomic mass is 10.0. The highest BCUT2D eigenvalue weighted by atomic mass is 16.5. The van der Waals surface area contributed by atoms with Gasteiger partial charge in [0.15, 0.2) is 11.5 Å². The van der Waals surface area contributed by atoms with Crippen molar-refractivity contribution in [1.29, 1.82) is 0 Å². The molecule has 190 valence electrons. The molecular weight excluding hydrogens is 458 g/mol. The average molecular weight is 492 g/mol. The number of allylic oxidation sites excluding steroid dienone is 1. The second kappa shape index (κ2) is 10.6. The molecule has 2 fully saturated rings. The fourth-order valence-corrected chi connectivity index (χ4v) is 5.15. The zero-order valence-corrected chi connectivity index (χ0v) is 20.8. The van der Waals surface area contributed by atoms with E-state index in [9.17, 15) is 9.59 Å². The van der Waals surface area contributed by atoms with E-state index >= 15 is 0 Å². The molecular formula is C28H33N3O5. The molecule has 3 aliphatic heterocycles. The van der Waals surface area contributed by atoms with Gasteiger partial charge in [0.25, 0.3) is 5.91 Å². The van der Waals surface area contributed by atoms with Gasteiger partial charge in [0.2, 0.25) is 5.91 Å². The Morgan fingerprint density at radius 3 is 2.67 bits per heavy atom. The van der Waals surface area contributed by atoms with Crippen LogP contribution in [0.5, 0.6) is 17.2 Å². The molecule has 2 amide bonds. The van der Waals surface area contributed by atoms with Crippen LogP contribution in [0.4, 0.5) is 0 Å². The van der Waals surface area contributed by atoms with Gasteiger partial charge in [-0.3, -0.25) is 14.5 Å². The standard InChI is InChI=1S/C28H33N3O5/c1-19-8-10-23(27(32)29-19)31-17-22-21(28(31)33)6-5-7-24(22)36-18-20-9-11-25(26(16-20)34-2)35-15-14-30-12-3-4-13-30/h5-7,9,11,16,23H,1,3-4,8,10,12-15,17-18H2,2H3,(H,29,32). The van der Waals surface area contributed by atoms with E-state index in [1.54, 1.807) is 18.1 Å². The van der Waals surface area contributed by atoms with E-state index in [4.69, 9.17) is 14.2 Å². The number of hydrogen-bond donors (Lipinski definition) is 1. The van der Waals surface area contributed by atoms with Crippen LogP contribution in [-0.4, -0.2) is 61.0 Å². The lowest BCUT2D eigenvalue weighted by Gasteiger charge is -2.31. The van der Waals surface area contributed by atoms with Crippen molar-refractivity contribution in [3.05, 3.63) is 65.4 Å². The van der Waals surface area contributed by atoms with E-state index in [-0.39, 0.29) is 11.8 Å². The van der Waals surface area contributed by atoms with E-state index in [2.05, 4.69) is 16.8 Å². The highest BCUT2D eigenvalue weighted by molar-refractivity contribution is 6.02. The van der Waals surface area contributed by atoms with Gasteiger partial charge in [0.05, 0.1) is 13.7 Å². The summed E-state index contributed by atoms with van der Waals surface area (Å²) in [6.45, 7) is 8.33. The lowest BCUT2D eigenvalue weighted by molar-refractivity contribution is -0.126. The smallest absolute Gasteiger partial charge is 0.255 e. The Labute approximate surface area is 211 Å². The predicted molar refractivity (Wildman–Crippen MR) is 135 cm³/mol. The van der Waals surface area contributed by atoms with Crippen molar-refractivity contribution in [2.24, 2.45) is 0 Å². The Balaban J connectivity index is 1.23. The summed E-state index contributed by atoms with van der Waals surface area (Å²) in [5.41, 5.74) is 3.03. The first-order valence-electron chi connectivity index (χ1n) is 12.6. The third-order valence-corrected chi connectivity index (χ3v) is 7.14. The van der Waals surface area contributed by atoms with Gasteiger partial charge in [-0.25, -0.2) is 0 Å². The molecule has 1 N–H and O–H groups in total. The monoisotopic (exact) mass is 491 g/mol. The molecule has 2 aromatic rings. The second-order valence-corrected chi connectivity index (χ2v) is 9.53. The number of fused-ring (bicyclic) bond motifs is 1. The van der Waals surface area contributed by atoms with Crippen molar-refractivity contribution >= 4 is 11.8 Å². The van der Waals surface area contributed by atoms with Crippen LogP contribution in [0.2, 0.25) is 0 Å². The minimum Gasteiger partial charge on any atom is -0.493 e. The summed E-state index contributed by atoms with van der Waals surface area (Å²) in [5.74, 6) is 1.72. The first kappa shape index (κ1) is 24.2. The molecule has 0 spiro atoms. The van der Waals surface area contributed by atoms with E-state index in [1.807, 2.05) is 30.3 Å². The largest absolute Gasteiger partial charge is 0.493 e. The number of carbonyl (C=O) groups excluding carboxylic acids is 2. The Hall–Kier alpha value is -3.52. The maximum Gasteiger partial charge on any atom is 0.255 e.